The Balaban J connectivity index is 2.30. The van der Waals surface area contributed by atoms with Crippen LogP contribution in [-0.4, -0.2) is 15.2 Å². The first-order chi connectivity index (χ1) is 9.06. The fraction of sp³-hybridized carbons (Fsp3) is 0.286. The van der Waals surface area contributed by atoms with E-state index in [-0.39, 0.29) is 5.28 Å². The molecule has 5 heteroatoms. The minimum Gasteiger partial charge on any atom is -0.339 e. The van der Waals surface area contributed by atoms with Crippen LogP contribution < -0.4 is 5.32 Å². The van der Waals surface area contributed by atoms with E-state index in [1.165, 1.54) is 4.90 Å². The van der Waals surface area contributed by atoms with Gasteiger partial charge < -0.3 is 5.32 Å². The Bertz CT molecular complexity index is 572. The van der Waals surface area contributed by atoms with E-state index in [1.54, 1.807) is 6.20 Å². The summed E-state index contributed by atoms with van der Waals surface area (Å²) in [6.07, 6.45) is 1.72. The van der Waals surface area contributed by atoms with Crippen LogP contribution in [0.2, 0.25) is 5.28 Å². The molecule has 0 aliphatic rings. The van der Waals surface area contributed by atoms with Gasteiger partial charge in [0, 0.05) is 21.9 Å². The molecule has 3 nitrogen and oxygen atoms in total. The lowest BCUT2D eigenvalue weighted by Crippen LogP contribution is -2.00. The van der Waals surface area contributed by atoms with Gasteiger partial charge in [-0.2, -0.15) is 0 Å². The zero-order chi connectivity index (χ0) is 13.8. The van der Waals surface area contributed by atoms with Crippen LogP contribution in [0.1, 0.15) is 19.4 Å². The van der Waals surface area contributed by atoms with Crippen molar-refractivity contribution in [3.05, 3.63) is 41.3 Å². The lowest BCUT2D eigenvalue weighted by molar-refractivity contribution is 1.11. The van der Waals surface area contributed by atoms with Gasteiger partial charge in [0.25, 0.3) is 0 Å². The van der Waals surface area contributed by atoms with Gasteiger partial charge in [-0.1, -0.05) is 26.0 Å². The average molecular weight is 294 g/mol. The summed E-state index contributed by atoms with van der Waals surface area (Å²) in [5, 5.41) is 4.11. The molecule has 0 unspecified atom stereocenters. The first kappa shape index (κ1) is 14.2. The molecular formula is C14H16ClN3S. The number of nitrogens with one attached hydrogen (secondary N) is 1. The molecule has 2 aromatic rings. The Hall–Kier alpha value is -1.26. The van der Waals surface area contributed by atoms with E-state index in [4.69, 9.17) is 11.6 Å². The second kappa shape index (κ2) is 6.26. The molecule has 2 rings (SSSR count). The number of aryl methyl sites for hydroxylation is 1. The molecule has 0 aliphatic carbocycles. The van der Waals surface area contributed by atoms with Gasteiger partial charge in [0.15, 0.2) is 0 Å². The first-order valence-corrected chi connectivity index (χ1v) is 7.34. The van der Waals surface area contributed by atoms with Gasteiger partial charge in [0.2, 0.25) is 5.28 Å². The van der Waals surface area contributed by atoms with Crippen LogP contribution in [0.3, 0.4) is 0 Å². The van der Waals surface area contributed by atoms with Crippen molar-refractivity contribution in [2.75, 3.05) is 5.32 Å². The number of thioether (sulfide) groups is 1. The van der Waals surface area contributed by atoms with Crippen LogP contribution in [0.15, 0.2) is 35.4 Å². The van der Waals surface area contributed by atoms with E-state index in [2.05, 4.69) is 35.2 Å². The highest BCUT2D eigenvalue weighted by Crippen LogP contribution is 2.32. The van der Waals surface area contributed by atoms with E-state index < -0.39 is 0 Å². The summed E-state index contributed by atoms with van der Waals surface area (Å²) < 4.78 is 0. The predicted molar refractivity (Wildman–Crippen MR) is 82.5 cm³/mol. The third kappa shape index (κ3) is 3.85. The highest BCUT2D eigenvalue weighted by Gasteiger charge is 2.08. The van der Waals surface area contributed by atoms with Gasteiger partial charge in [-0.15, -0.1) is 11.8 Å². The van der Waals surface area contributed by atoms with Crippen molar-refractivity contribution in [3.63, 3.8) is 0 Å². The third-order valence-corrected chi connectivity index (χ3v) is 3.71. The molecule has 1 aromatic carbocycles. The molecule has 0 bridgehead atoms. The van der Waals surface area contributed by atoms with Gasteiger partial charge in [-0.05, 0) is 30.7 Å². The van der Waals surface area contributed by atoms with Crippen molar-refractivity contribution in [1.29, 1.82) is 0 Å². The number of anilines is 2. The van der Waals surface area contributed by atoms with Crippen LogP contribution in [0.25, 0.3) is 0 Å². The molecule has 1 heterocycles. The van der Waals surface area contributed by atoms with Crippen molar-refractivity contribution in [2.24, 2.45) is 0 Å². The molecule has 1 N–H and O–H groups in total. The Kier molecular flexibility index (Phi) is 4.66. The number of rotatable bonds is 4. The molecule has 0 radical (unpaired) electrons. The summed E-state index contributed by atoms with van der Waals surface area (Å²) >= 11 is 7.66. The van der Waals surface area contributed by atoms with Gasteiger partial charge in [0.1, 0.15) is 5.82 Å². The van der Waals surface area contributed by atoms with E-state index in [9.17, 15) is 0 Å². The molecule has 0 saturated heterocycles. The molecule has 19 heavy (non-hydrogen) atoms. The quantitative estimate of drug-likeness (QED) is 0.656. The largest absolute Gasteiger partial charge is 0.339 e. The molecule has 0 amide bonds. The summed E-state index contributed by atoms with van der Waals surface area (Å²) in [6, 6.07) is 8.19. The van der Waals surface area contributed by atoms with Crippen LogP contribution in [-0.2, 0) is 0 Å². The maximum Gasteiger partial charge on any atom is 0.224 e. The number of hydrogen-bond donors (Lipinski definition) is 1. The molecule has 1 aromatic heterocycles. The van der Waals surface area contributed by atoms with E-state index in [0.717, 1.165) is 17.1 Å². The maximum absolute atomic E-state index is 5.84. The second-order valence-electron chi connectivity index (χ2n) is 4.46. The van der Waals surface area contributed by atoms with Crippen LogP contribution in [0.5, 0.6) is 0 Å². The SMILES string of the molecule is Cc1cnc(Cl)nc1Nc1ccccc1SC(C)C. The van der Waals surface area contributed by atoms with Crippen LogP contribution >= 0.6 is 23.4 Å². The Morgan fingerprint density at radius 3 is 2.74 bits per heavy atom. The number of benzene rings is 1. The van der Waals surface area contributed by atoms with Gasteiger partial charge in [-0.3, -0.25) is 0 Å². The highest BCUT2D eigenvalue weighted by molar-refractivity contribution is 8.00. The van der Waals surface area contributed by atoms with Crippen molar-refractivity contribution in [1.82, 2.24) is 9.97 Å². The topological polar surface area (TPSA) is 37.8 Å². The molecule has 0 spiro atoms. The van der Waals surface area contributed by atoms with E-state index in [0.29, 0.717) is 5.25 Å². The van der Waals surface area contributed by atoms with Gasteiger partial charge >= 0.3 is 0 Å². The molecule has 0 saturated carbocycles. The van der Waals surface area contributed by atoms with Gasteiger partial charge in [-0.25, -0.2) is 9.97 Å². The van der Waals surface area contributed by atoms with E-state index in [1.807, 2.05) is 36.9 Å². The lowest BCUT2D eigenvalue weighted by atomic mass is 10.3. The highest BCUT2D eigenvalue weighted by atomic mass is 35.5. The standard InChI is InChI=1S/C14H16ClN3S/c1-9(2)19-12-7-5-4-6-11(12)17-13-10(3)8-16-14(15)18-13/h4-9H,1-3H3,(H,16,17,18). The summed E-state index contributed by atoms with van der Waals surface area (Å²) in [5.41, 5.74) is 2.01. The van der Waals surface area contributed by atoms with Crippen LogP contribution in [0, 0.1) is 6.92 Å². The minimum absolute atomic E-state index is 0.252. The van der Waals surface area contributed by atoms with E-state index >= 15 is 0 Å². The third-order valence-electron chi connectivity index (χ3n) is 2.45. The van der Waals surface area contributed by atoms with Crippen molar-refractivity contribution < 1.29 is 0 Å². The Morgan fingerprint density at radius 2 is 2.00 bits per heavy atom. The Labute approximate surface area is 122 Å². The predicted octanol–water partition coefficient (Wildman–Crippen LogP) is 4.68. The molecule has 100 valence electrons. The molecular weight excluding hydrogens is 278 g/mol. The number of nitrogens with zero attached hydrogens (tertiary/aromatic N) is 2. The molecule has 0 fully saturated rings. The first-order valence-electron chi connectivity index (χ1n) is 6.08. The normalized spacial score (nSPS) is 10.8. The number of para-hydroxylation sites is 1. The minimum atomic E-state index is 0.252. The maximum atomic E-state index is 5.84. The second-order valence-corrected chi connectivity index (χ2v) is 6.41. The number of aromatic nitrogens is 2. The van der Waals surface area contributed by atoms with Crippen molar-refractivity contribution in [3.8, 4) is 0 Å². The zero-order valence-electron chi connectivity index (χ0n) is 11.1. The van der Waals surface area contributed by atoms with Crippen molar-refractivity contribution in [2.45, 2.75) is 30.9 Å². The number of halogens is 1. The summed E-state index contributed by atoms with van der Waals surface area (Å²) in [4.78, 5) is 9.38. The lowest BCUT2D eigenvalue weighted by Gasteiger charge is -2.13. The Morgan fingerprint density at radius 1 is 1.26 bits per heavy atom. The zero-order valence-corrected chi connectivity index (χ0v) is 12.7. The number of hydrogen-bond acceptors (Lipinski definition) is 4. The monoisotopic (exact) mass is 293 g/mol. The average Bonchev–Trinajstić information content (AvgIpc) is 2.35. The summed E-state index contributed by atoms with van der Waals surface area (Å²) in [6.45, 7) is 6.30. The van der Waals surface area contributed by atoms with Gasteiger partial charge in [0.05, 0.1) is 5.69 Å². The fourth-order valence-electron chi connectivity index (χ4n) is 1.60. The smallest absolute Gasteiger partial charge is 0.224 e. The van der Waals surface area contributed by atoms with Crippen molar-refractivity contribution >= 4 is 34.9 Å². The van der Waals surface area contributed by atoms with Crippen LogP contribution in [0.4, 0.5) is 11.5 Å². The summed E-state index contributed by atoms with van der Waals surface area (Å²) in [7, 11) is 0. The fourth-order valence-corrected chi connectivity index (χ4v) is 2.65. The molecule has 0 atom stereocenters. The summed E-state index contributed by atoms with van der Waals surface area (Å²) in [5.74, 6) is 0.747. The molecule has 0 aliphatic heterocycles.